The Morgan fingerprint density at radius 2 is 2.13 bits per heavy atom. The van der Waals surface area contributed by atoms with Gasteiger partial charge in [0, 0.05) is 6.20 Å². The molecular weight excluding hydrogens is 318 g/mol. The fourth-order valence-corrected chi connectivity index (χ4v) is 1.88. The van der Waals surface area contributed by atoms with Gasteiger partial charge < -0.3 is 10.1 Å². The first kappa shape index (κ1) is 16.5. The first-order valence-corrected chi connectivity index (χ1v) is 7.01. The molecule has 0 saturated heterocycles. The smallest absolute Gasteiger partial charge is 0.338 e. The fraction of sp³-hybridized carbons (Fsp3) is 0.125. The molecule has 1 N–H and O–H groups in total. The molecule has 0 aliphatic rings. The van der Waals surface area contributed by atoms with Gasteiger partial charge >= 0.3 is 5.97 Å². The lowest BCUT2D eigenvalue weighted by atomic mass is 10.1. The Balaban J connectivity index is 2.02. The third-order valence-electron chi connectivity index (χ3n) is 2.90. The van der Waals surface area contributed by atoms with E-state index >= 15 is 0 Å². The summed E-state index contributed by atoms with van der Waals surface area (Å²) in [7, 11) is 0. The second-order valence-electron chi connectivity index (χ2n) is 4.57. The molecule has 0 saturated carbocycles. The lowest BCUT2D eigenvalue weighted by Crippen LogP contribution is -2.30. The lowest BCUT2D eigenvalue weighted by molar-refractivity contribution is -0.123. The van der Waals surface area contributed by atoms with Gasteiger partial charge in [-0.2, -0.15) is 5.26 Å². The minimum atomic E-state index is -1.04. The van der Waals surface area contributed by atoms with Crippen LogP contribution in [0.5, 0.6) is 0 Å². The molecule has 2 aromatic rings. The van der Waals surface area contributed by atoms with Crippen molar-refractivity contribution in [2.24, 2.45) is 0 Å². The van der Waals surface area contributed by atoms with Crippen LogP contribution >= 0.6 is 11.6 Å². The van der Waals surface area contributed by atoms with Crippen molar-refractivity contribution in [2.75, 3.05) is 5.32 Å². The van der Waals surface area contributed by atoms with Crippen LogP contribution in [0.4, 0.5) is 5.69 Å². The van der Waals surface area contributed by atoms with Gasteiger partial charge in [0.05, 0.1) is 22.9 Å². The Hall–Kier alpha value is -2.91. The molecule has 0 aliphatic carbocycles. The van der Waals surface area contributed by atoms with Crippen molar-refractivity contribution in [2.45, 2.75) is 13.0 Å². The summed E-state index contributed by atoms with van der Waals surface area (Å²) in [6, 6.07) is 11.2. The number of halogens is 1. The van der Waals surface area contributed by atoms with Crippen LogP contribution in [-0.4, -0.2) is 23.0 Å². The van der Waals surface area contributed by atoms with Gasteiger partial charge in [0.2, 0.25) is 0 Å². The maximum atomic E-state index is 12.0. The highest BCUT2D eigenvalue weighted by atomic mass is 35.5. The Bertz CT molecular complexity index is 786. The Kier molecular flexibility index (Phi) is 5.28. The molecule has 7 heteroatoms. The first-order valence-electron chi connectivity index (χ1n) is 6.64. The number of carbonyl (C=O) groups is 2. The summed E-state index contributed by atoms with van der Waals surface area (Å²) in [5.74, 6) is -1.23. The van der Waals surface area contributed by atoms with E-state index in [1.54, 1.807) is 24.3 Å². The summed E-state index contributed by atoms with van der Waals surface area (Å²) in [4.78, 5) is 27.9. The second-order valence-corrected chi connectivity index (χ2v) is 4.93. The molecule has 1 amide bonds. The molecule has 2 rings (SSSR count). The van der Waals surface area contributed by atoms with Crippen LogP contribution < -0.4 is 5.32 Å². The molecular formula is C16H12ClN3O3. The maximum absolute atomic E-state index is 12.0. The molecule has 1 heterocycles. The number of aromatic nitrogens is 1. The van der Waals surface area contributed by atoms with Gasteiger partial charge in [-0.15, -0.1) is 0 Å². The van der Waals surface area contributed by atoms with E-state index in [2.05, 4.69) is 10.3 Å². The Morgan fingerprint density at radius 1 is 1.35 bits per heavy atom. The molecule has 1 atom stereocenters. The van der Waals surface area contributed by atoms with Gasteiger partial charge in [-0.1, -0.05) is 17.7 Å². The van der Waals surface area contributed by atoms with Gasteiger partial charge in [0.1, 0.15) is 0 Å². The van der Waals surface area contributed by atoms with Crippen LogP contribution in [0.2, 0.25) is 5.15 Å². The summed E-state index contributed by atoms with van der Waals surface area (Å²) >= 11 is 5.84. The van der Waals surface area contributed by atoms with E-state index in [0.29, 0.717) is 11.3 Å². The third kappa shape index (κ3) is 4.28. The highest BCUT2D eigenvalue weighted by molar-refractivity contribution is 6.32. The number of benzene rings is 1. The standard InChI is InChI=1S/C16H12ClN3O3/c1-10(15(21)20-13-6-3-7-19-14(13)17)23-16(22)12-5-2-4-11(8-12)9-18/h2-8,10H,1H3,(H,20,21)/t10-/m1/s1. The number of nitrogens with zero attached hydrogens (tertiary/aromatic N) is 2. The van der Waals surface area contributed by atoms with Crippen molar-refractivity contribution >= 4 is 29.2 Å². The fourth-order valence-electron chi connectivity index (χ4n) is 1.71. The second kappa shape index (κ2) is 7.38. The molecule has 0 unspecified atom stereocenters. The molecule has 23 heavy (non-hydrogen) atoms. The Morgan fingerprint density at radius 3 is 2.83 bits per heavy atom. The van der Waals surface area contributed by atoms with Crippen LogP contribution in [0.15, 0.2) is 42.6 Å². The predicted octanol–water partition coefficient (Wildman–Crippen LogP) is 2.79. The maximum Gasteiger partial charge on any atom is 0.338 e. The largest absolute Gasteiger partial charge is 0.449 e. The molecule has 0 bridgehead atoms. The van der Waals surface area contributed by atoms with Crippen LogP contribution in [0.1, 0.15) is 22.8 Å². The zero-order chi connectivity index (χ0) is 16.8. The average Bonchev–Trinajstić information content (AvgIpc) is 2.56. The van der Waals surface area contributed by atoms with E-state index in [1.807, 2.05) is 6.07 Å². The van der Waals surface area contributed by atoms with Gasteiger partial charge in [-0.25, -0.2) is 9.78 Å². The summed E-state index contributed by atoms with van der Waals surface area (Å²) < 4.78 is 5.09. The molecule has 0 aliphatic heterocycles. The molecule has 116 valence electrons. The topological polar surface area (TPSA) is 92.1 Å². The zero-order valence-electron chi connectivity index (χ0n) is 12.1. The number of nitrogens with one attached hydrogen (secondary N) is 1. The third-order valence-corrected chi connectivity index (χ3v) is 3.20. The predicted molar refractivity (Wildman–Crippen MR) is 83.9 cm³/mol. The summed E-state index contributed by atoms with van der Waals surface area (Å²) in [6.07, 6.45) is 0.452. The van der Waals surface area contributed by atoms with Crippen molar-refractivity contribution in [3.63, 3.8) is 0 Å². The molecule has 6 nitrogen and oxygen atoms in total. The first-order chi connectivity index (χ1) is 11.0. The van der Waals surface area contributed by atoms with Gasteiger partial charge in [0.25, 0.3) is 5.91 Å². The van der Waals surface area contributed by atoms with Crippen molar-refractivity contribution in [1.29, 1.82) is 5.26 Å². The summed E-state index contributed by atoms with van der Waals surface area (Å²) in [5.41, 5.74) is 0.857. The number of rotatable bonds is 4. The number of carbonyl (C=O) groups excluding carboxylic acids is 2. The zero-order valence-corrected chi connectivity index (χ0v) is 12.9. The average molecular weight is 330 g/mol. The van der Waals surface area contributed by atoms with Crippen molar-refractivity contribution in [3.8, 4) is 6.07 Å². The lowest BCUT2D eigenvalue weighted by Gasteiger charge is -2.14. The van der Waals surface area contributed by atoms with Crippen LogP contribution in [-0.2, 0) is 9.53 Å². The van der Waals surface area contributed by atoms with E-state index < -0.39 is 18.0 Å². The van der Waals surface area contributed by atoms with Crippen LogP contribution in [0, 0.1) is 11.3 Å². The number of ether oxygens (including phenoxy) is 1. The minimum Gasteiger partial charge on any atom is -0.449 e. The molecule has 1 aromatic carbocycles. The SMILES string of the molecule is C[C@@H](OC(=O)c1cccc(C#N)c1)C(=O)Nc1cccnc1Cl. The minimum absolute atomic E-state index is 0.140. The summed E-state index contributed by atoms with van der Waals surface area (Å²) in [6.45, 7) is 1.44. The quantitative estimate of drug-likeness (QED) is 0.687. The van der Waals surface area contributed by atoms with Gasteiger partial charge in [0.15, 0.2) is 11.3 Å². The number of hydrogen-bond donors (Lipinski definition) is 1. The van der Waals surface area contributed by atoms with Crippen LogP contribution in [0.3, 0.4) is 0 Å². The van der Waals surface area contributed by atoms with Gasteiger partial charge in [-0.05, 0) is 37.3 Å². The van der Waals surface area contributed by atoms with E-state index in [9.17, 15) is 9.59 Å². The highest BCUT2D eigenvalue weighted by Gasteiger charge is 2.20. The monoisotopic (exact) mass is 329 g/mol. The number of nitriles is 1. The number of amides is 1. The molecule has 0 radical (unpaired) electrons. The van der Waals surface area contributed by atoms with Crippen molar-refractivity contribution < 1.29 is 14.3 Å². The van der Waals surface area contributed by atoms with E-state index in [4.69, 9.17) is 21.6 Å². The number of hydrogen-bond acceptors (Lipinski definition) is 5. The van der Waals surface area contributed by atoms with E-state index in [-0.39, 0.29) is 10.7 Å². The molecule has 0 fully saturated rings. The summed E-state index contributed by atoms with van der Waals surface area (Å²) in [5, 5.41) is 11.5. The van der Waals surface area contributed by atoms with Crippen LogP contribution in [0.25, 0.3) is 0 Å². The molecule has 1 aromatic heterocycles. The normalized spacial score (nSPS) is 11.2. The van der Waals surface area contributed by atoms with E-state index in [1.165, 1.54) is 25.3 Å². The Labute approximate surface area is 137 Å². The number of anilines is 1. The number of pyridine rings is 1. The highest BCUT2D eigenvalue weighted by Crippen LogP contribution is 2.18. The molecule has 0 spiro atoms. The van der Waals surface area contributed by atoms with Gasteiger partial charge in [-0.3, -0.25) is 4.79 Å². The van der Waals surface area contributed by atoms with E-state index in [0.717, 1.165) is 0 Å². The number of esters is 1. The van der Waals surface area contributed by atoms with Crippen molar-refractivity contribution in [3.05, 3.63) is 58.9 Å². The van der Waals surface area contributed by atoms with Crippen molar-refractivity contribution in [1.82, 2.24) is 4.98 Å².